The van der Waals surface area contributed by atoms with Gasteiger partial charge in [0.2, 0.25) is 0 Å². The van der Waals surface area contributed by atoms with E-state index in [1.165, 1.54) is 0 Å². The number of aliphatic hydroxyl groups is 1. The van der Waals surface area contributed by atoms with Crippen LogP contribution in [0.2, 0.25) is 13.1 Å². The van der Waals surface area contributed by atoms with Gasteiger partial charge in [0.25, 0.3) is 0 Å². The Hall–Kier alpha value is -1.11. The molecule has 1 heterocycles. The van der Waals surface area contributed by atoms with Crippen LogP contribution >= 0.6 is 0 Å². The summed E-state index contributed by atoms with van der Waals surface area (Å²) in [7, 11) is -1.45. The molecule has 5 nitrogen and oxygen atoms in total. The van der Waals surface area contributed by atoms with E-state index in [9.17, 15) is 9.90 Å². The molecular weight excluding hydrogens is 322 g/mol. The molecular formula is C18H33NO4Si. The quantitative estimate of drug-likeness (QED) is 0.586. The van der Waals surface area contributed by atoms with Gasteiger partial charge in [-0.2, -0.15) is 0 Å². The zero-order chi connectivity index (χ0) is 18.5. The summed E-state index contributed by atoms with van der Waals surface area (Å²) in [5.74, 6) is 0.281. The van der Waals surface area contributed by atoms with Gasteiger partial charge in [-0.3, -0.25) is 4.90 Å². The maximum atomic E-state index is 12.7. The Bertz CT molecular complexity index is 484. The minimum absolute atomic E-state index is 0.0418. The molecule has 0 unspecified atom stereocenters. The molecule has 0 aromatic heterocycles. The summed E-state index contributed by atoms with van der Waals surface area (Å²) in [5.41, 5.74) is 0.0906. The van der Waals surface area contributed by atoms with Crippen molar-refractivity contribution < 1.29 is 19.1 Å². The Morgan fingerprint density at radius 2 is 2.08 bits per heavy atom. The van der Waals surface area contributed by atoms with Crippen molar-refractivity contribution >= 4 is 15.1 Å². The van der Waals surface area contributed by atoms with E-state index in [1.54, 1.807) is 17.1 Å². The Kier molecular flexibility index (Phi) is 7.25. The number of aliphatic hydroxyl groups excluding tert-OH is 1. The summed E-state index contributed by atoms with van der Waals surface area (Å²) in [5, 5.41) is 9.37. The predicted molar refractivity (Wildman–Crippen MR) is 99.3 cm³/mol. The second-order valence-corrected chi connectivity index (χ2v) is 10.1. The van der Waals surface area contributed by atoms with Crippen LogP contribution < -0.4 is 0 Å². The third-order valence-corrected chi connectivity index (χ3v) is 5.44. The molecule has 0 bridgehead atoms. The van der Waals surface area contributed by atoms with Crippen molar-refractivity contribution in [2.75, 3.05) is 19.8 Å². The topological polar surface area (TPSA) is 59.0 Å². The van der Waals surface area contributed by atoms with E-state index in [4.69, 9.17) is 9.16 Å². The number of ether oxygens (including phenoxy) is 1. The van der Waals surface area contributed by atoms with Crippen LogP contribution in [0.3, 0.4) is 0 Å². The van der Waals surface area contributed by atoms with Crippen LogP contribution in [-0.2, 0) is 9.16 Å². The van der Waals surface area contributed by atoms with E-state index < -0.39 is 14.8 Å². The summed E-state index contributed by atoms with van der Waals surface area (Å²) in [6.45, 7) is 16.9. The highest BCUT2D eigenvalue weighted by Crippen LogP contribution is 2.46. The first-order valence-corrected chi connectivity index (χ1v) is 11.4. The lowest BCUT2D eigenvalue weighted by Gasteiger charge is -2.40. The van der Waals surface area contributed by atoms with Gasteiger partial charge in [-0.25, -0.2) is 4.79 Å². The number of amides is 1. The Balaban J connectivity index is 3.31. The normalized spacial score (nSPS) is 25.2. The van der Waals surface area contributed by atoms with E-state index in [1.807, 2.05) is 6.92 Å². The molecule has 6 heteroatoms. The SMILES string of the molecule is C=CCOC(=O)N1C[C@@H](C(C)(C)C)C[C@]1(O[SiH](C)C)/C(C)=C/CO. The van der Waals surface area contributed by atoms with Crippen LogP contribution in [0, 0.1) is 11.3 Å². The molecule has 1 amide bonds. The number of rotatable bonds is 6. The molecule has 1 fully saturated rings. The van der Waals surface area contributed by atoms with Crippen molar-refractivity contribution in [3.63, 3.8) is 0 Å². The van der Waals surface area contributed by atoms with Crippen LogP contribution in [0.1, 0.15) is 34.1 Å². The fraction of sp³-hybridized carbons (Fsp3) is 0.722. The van der Waals surface area contributed by atoms with Crippen LogP contribution in [0.15, 0.2) is 24.3 Å². The molecule has 0 aromatic rings. The molecule has 1 N–H and O–H groups in total. The van der Waals surface area contributed by atoms with Gasteiger partial charge >= 0.3 is 6.09 Å². The van der Waals surface area contributed by atoms with Gasteiger partial charge in [0, 0.05) is 13.0 Å². The van der Waals surface area contributed by atoms with Gasteiger partial charge in [-0.05, 0) is 36.9 Å². The number of likely N-dealkylation sites (tertiary alicyclic amines) is 1. The summed E-state index contributed by atoms with van der Waals surface area (Å²) in [4.78, 5) is 14.4. The molecule has 1 rings (SSSR count). The smallest absolute Gasteiger partial charge is 0.412 e. The van der Waals surface area contributed by atoms with Crippen molar-refractivity contribution in [3.8, 4) is 0 Å². The van der Waals surface area contributed by atoms with Crippen molar-refractivity contribution in [1.82, 2.24) is 4.90 Å². The highest BCUT2D eigenvalue weighted by molar-refractivity contribution is 6.48. The summed E-state index contributed by atoms with van der Waals surface area (Å²) >= 11 is 0. The average molecular weight is 356 g/mol. The Labute approximate surface area is 148 Å². The third-order valence-electron chi connectivity index (χ3n) is 4.58. The average Bonchev–Trinajstić information content (AvgIpc) is 2.85. The molecule has 1 aliphatic heterocycles. The maximum Gasteiger partial charge on any atom is 0.412 e. The van der Waals surface area contributed by atoms with Crippen LogP contribution in [-0.4, -0.2) is 50.6 Å². The summed E-state index contributed by atoms with van der Waals surface area (Å²) in [6, 6.07) is 0. The van der Waals surface area contributed by atoms with Gasteiger partial charge in [0.1, 0.15) is 6.61 Å². The zero-order valence-electron chi connectivity index (χ0n) is 16.0. The molecule has 0 aromatic carbocycles. The number of hydrogen-bond donors (Lipinski definition) is 1. The van der Waals surface area contributed by atoms with Gasteiger partial charge in [0.15, 0.2) is 14.8 Å². The second-order valence-electron chi connectivity index (χ2n) is 7.76. The lowest BCUT2D eigenvalue weighted by atomic mass is 9.78. The number of carbonyl (C=O) groups excluding carboxylic acids is 1. The van der Waals surface area contributed by atoms with Gasteiger partial charge in [0.05, 0.1) is 6.61 Å². The predicted octanol–water partition coefficient (Wildman–Crippen LogP) is 3.31. The fourth-order valence-electron chi connectivity index (χ4n) is 3.15. The monoisotopic (exact) mass is 355 g/mol. The zero-order valence-corrected chi connectivity index (χ0v) is 17.1. The minimum atomic E-state index is -1.45. The summed E-state index contributed by atoms with van der Waals surface area (Å²) < 4.78 is 11.7. The molecule has 1 saturated heterocycles. The highest BCUT2D eigenvalue weighted by Gasteiger charge is 2.53. The number of carbonyl (C=O) groups is 1. The lowest BCUT2D eigenvalue weighted by molar-refractivity contribution is -0.0225. The van der Waals surface area contributed by atoms with E-state index in [-0.39, 0.29) is 30.6 Å². The first-order chi connectivity index (χ1) is 11.1. The first kappa shape index (κ1) is 20.9. The largest absolute Gasteiger partial charge is 0.445 e. The van der Waals surface area contributed by atoms with E-state index >= 15 is 0 Å². The Morgan fingerprint density at radius 3 is 2.54 bits per heavy atom. The van der Waals surface area contributed by atoms with E-state index in [0.29, 0.717) is 13.0 Å². The molecule has 0 aliphatic carbocycles. The van der Waals surface area contributed by atoms with Crippen molar-refractivity contribution in [3.05, 3.63) is 24.3 Å². The molecule has 0 saturated carbocycles. The van der Waals surface area contributed by atoms with E-state index in [2.05, 4.69) is 40.4 Å². The van der Waals surface area contributed by atoms with Crippen LogP contribution in [0.4, 0.5) is 4.79 Å². The maximum absolute atomic E-state index is 12.7. The standard InChI is InChI=1S/C18H33NO4Si/c1-8-11-22-16(21)19-13-15(17(3,4)5)12-18(19,23-24(6)7)14(2)9-10-20/h8-9,15,20,24H,1,10-13H2,2-7H3/b14-9+/t15-,18-/m0/s1. The fourth-order valence-corrected chi connectivity index (χ4v) is 4.34. The van der Waals surface area contributed by atoms with E-state index in [0.717, 1.165) is 5.57 Å². The molecule has 1 aliphatic rings. The summed E-state index contributed by atoms with van der Waals surface area (Å²) in [6.07, 6.45) is 3.62. The second kappa shape index (κ2) is 8.32. The van der Waals surface area contributed by atoms with Gasteiger partial charge in [-0.1, -0.05) is 39.5 Å². The highest BCUT2D eigenvalue weighted by atomic mass is 28.3. The van der Waals surface area contributed by atoms with Crippen LogP contribution in [0.5, 0.6) is 0 Å². The molecule has 2 atom stereocenters. The Morgan fingerprint density at radius 1 is 1.46 bits per heavy atom. The minimum Gasteiger partial charge on any atom is -0.445 e. The third kappa shape index (κ3) is 4.71. The number of nitrogens with zero attached hydrogens (tertiary/aromatic N) is 1. The van der Waals surface area contributed by atoms with Crippen molar-refractivity contribution in [2.24, 2.45) is 11.3 Å². The van der Waals surface area contributed by atoms with Gasteiger partial charge in [-0.15, -0.1) is 0 Å². The van der Waals surface area contributed by atoms with Crippen molar-refractivity contribution in [2.45, 2.75) is 52.9 Å². The van der Waals surface area contributed by atoms with Crippen molar-refractivity contribution in [1.29, 1.82) is 0 Å². The molecule has 24 heavy (non-hydrogen) atoms. The van der Waals surface area contributed by atoms with Gasteiger partial charge < -0.3 is 14.3 Å². The number of hydrogen-bond acceptors (Lipinski definition) is 4. The molecule has 0 radical (unpaired) electrons. The molecule has 0 spiro atoms. The van der Waals surface area contributed by atoms with Crippen LogP contribution in [0.25, 0.3) is 0 Å². The lowest BCUT2D eigenvalue weighted by Crippen LogP contribution is -2.52. The molecule has 138 valence electrons. The first-order valence-electron chi connectivity index (χ1n) is 8.59.